The van der Waals surface area contributed by atoms with Crippen molar-refractivity contribution in [3.8, 4) is 11.8 Å². The summed E-state index contributed by atoms with van der Waals surface area (Å²) >= 11 is 0. The Labute approximate surface area is 131 Å². The van der Waals surface area contributed by atoms with Gasteiger partial charge < -0.3 is 20.0 Å². The van der Waals surface area contributed by atoms with Gasteiger partial charge in [-0.15, -0.1) is 0 Å². The molecule has 0 aromatic carbocycles. The van der Waals surface area contributed by atoms with Crippen molar-refractivity contribution in [1.82, 2.24) is 9.78 Å². The Hall–Kier alpha value is -3.05. The van der Waals surface area contributed by atoms with Crippen LogP contribution in [0.15, 0.2) is 32.9 Å². The summed E-state index contributed by atoms with van der Waals surface area (Å²) < 4.78 is 12.5. The number of fused-ring (bicyclic) bond motifs is 1. The lowest BCUT2D eigenvalue weighted by Gasteiger charge is -2.24. The number of aliphatic hydroxyl groups excluding tert-OH is 1. The van der Waals surface area contributed by atoms with Crippen molar-refractivity contribution in [1.29, 1.82) is 5.26 Å². The fourth-order valence-electron chi connectivity index (χ4n) is 2.67. The van der Waals surface area contributed by atoms with Crippen LogP contribution in [-0.4, -0.2) is 14.9 Å². The zero-order chi connectivity index (χ0) is 16.7. The predicted octanol–water partition coefficient (Wildman–Crippen LogP) is 0.392. The lowest BCUT2D eigenvalue weighted by atomic mass is 9.88. The van der Waals surface area contributed by atoms with Crippen molar-refractivity contribution in [3.63, 3.8) is 0 Å². The summed E-state index contributed by atoms with van der Waals surface area (Å²) in [4.78, 5) is 12.2. The van der Waals surface area contributed by atoms with Crippen molar-refractivity contribution in [2.24, 2.45) is 12.8 Å². The minimum atomic E-state index is -0.711. The normalized spacial score (nSPS) is 16.7. The van der Waals surface area contributed by atoms with E-state index in [1.54, 1.807) is 24.9 Å². The number of nitrogens with two attached hydrogens (primary N) is 1. The van der Waals surface area contributed by atoms with Gasteiger partial charge in [0.25, 0.3) is 0 Å². The molecule has 0 saturated carbocycles. The summed E-state index contributed by atoms with van der Waals surface area (Å²) in [5.41, 5.74) is 6.81. The van der Waals surface area contributed by atoms with Gasteiger partial charge >= 0.3 is 0 Å². The minimum absolute atomic E-state index is 0.0769. The number of allylic oxidation sites excluding steroid dienone is 1. The Balaban J connectivity index is 2.33. The van der Waals surface area contributed by atoms with E-state index in [0.29, 0.717) is 11.3 Å². The summed E-state index contributed by atoms with van der Waals surface area (Å²) in [7, 11) is 1.75. The third-order valence-corrected chi connectivity index (χ3v) is 3.65. The van der Waals surface area contributed by atoms with Crippen LogP contribution < -0.4 is 15.9 Å². The average molecular weight is 314 g/mol. The number of rotatable bonds is 2. The van der Waals surface area contributed by atoms with Gasteiger partial charge in [0.05, 0.1) is 11.6 Å². The van der Waals surface area contributed by atoms with Gasteiger partial charge in [-0.05, 0) is 6.92 Å². The van der Waals surface area contributed by atoms with Gasteiger partial charge in [-0.3, -0.25) is 9.48 Å². The van der Waals surface area contributed by atoms with E-state index in [4.69, 9.17) is 14.9 Å². The minimum Gasteiger partial charge on any atom is -0.458 e. The van der Waals surface area contributed by atoms with Crippen LogP contribution in [0.25, 0.3) is 0 Å². The molecule has 0 bridgehead atoms. The largest absolute Gasteiger partial charge is 0.458 e. The molecule has 8 heteroatoms. The second-order valence-electron chi connectivity index (χ2n) is 5.20. The van der Waals surface area contributed by atoms with Crippen LogP contribution in [0.2, 0.25) is 0 Å². The second-order valence-corrected chi connectivity index (χ2v) is 5.20. The molecule has 3 heterocycles. The zero-order valence-electron chi connectivity index (χ0n) is 12.5. The van der Waals surface area contributed by atoms with Crippen molar-refractivity contribution in [2.45, 2.75) is 19.4 Å². The molecule has 2 aromatic rings. The van der Waals surface area contributed by atoms with E-state index in [9.17, 15) is 15.2 Å². The van der Waals surface area contributed by atoms with Crippen LogP contribution in [-0.2, 0) is 13.7 Å². The average Bonchev–Trinajstić information content (AvgIpc) is 2.84. The molecule has 1 aliphatic heterocycles. The van der Waals surface area contributed by atoms with Crippen LogP contribution in [0.1, 0.15) is 28.7 Å². The van der Waals surface area contributed by atoms with Crippen LogP contribution in [0, 0.1) is 18.3 Å². The molecule has 0 saturated heterocycles. The molecule has 0 spiro atoms. The number of aryl methyl sites for hydroxylation is 2. The maximum atomic E-state index is 12.2. The summed E-state index contributed by atoms with van der Waals surface area (Å²) in [5.74, 6) is -0.703. The molecule has 2 aromatic heterocycles. The molecule has 0 fully saturated rings. The number of hydrogen-bond donors (Lipinski definition) is 2. The SMILES string of the molecule is Cc1nn(C)cc1C1C(C#N)=C(N)Oc2c1oc(CO)cc2=O. The van der Waals surface area contributed by atoms with Crippen molar-refractivity contribution < 1.29 is 14.3 Å². The molecule has 0 radical (unpaired) electrons. The zero-order valence-corrected chi connectivity index (χ0v) is 12.5. The molecule has 1 unspecified atom stereocenters. The van der Waals surface area contributed by atoms with Crippen molar-refractivity contribution in [3.05, 3.63) is 56.7 Å². The lowest BCUT2D eigenvalue weighted by Crippen LogP contribution is -2.25. The first-order valence-electron chi connectivity index (χ1n) is 6.81. The molecule has 3 N–H and O–H groups in total. The molecule has 1 atom stereocenters. The fraction of sp³-hybridized carbons (Fsp3) is 0.267. The first kappa shape index (κ1) is 14.9. The Bertz CT molecular complexity index is 917. The van der Waals surface area contributed by atoms with E-state index in [2.05, 4.69) is 5.10 Å². The van der Waals surface area contributed by atoms with Crippen molar-refractivity contribution >= 4 is 0 Å². The third-order valence-electron chi connectivity index (χ3n) is 3.65. The molecular weight excluding hydrogens is 300 g/mol. The van der Waals surface area contributed by atoms with Gasteiger partial charge in [-0.25, -0.2) is 0 Å². The Morgan fingerprint density at radius 3 is 2.87 bits per heavy atom. The predicted molar refractivity (Wildman–Crippen MR) is 78.1 cm³/mol. The van der Waals surface area contributed by atoms with E-state index in [-0.39, 0.29) is 28.7 Å². The standard InChI is InChI=1S/C15H14N4O4/c1-7-10(5-19(2)18-7)12-9(4-16)15(17)23-13-11(21)3-8(6-20)22-14(12)13/h3,5,12,20H,6,17H2,1-2H3. The number of aromatic nitrogens is 2. The third kappa shape index (κ3) is 2.27. The summed E-state index contributed by atoms with van der Waals surface area (Å²) in [6.07, 6.45) is 1.73. The fourth-order valence-corrected chi connectivity index (χ4v) is 2.67. The Morgan fingerprint density at radius 1 is 1.57 bits per heavy atom. The molecule has 0 aliphatic carbocycles. The van der Waals surface area contributed by atoms with E-state index in [0.717, 1.165) is 6.07 Å². The van der Waals surface area contributed by atoms with Crippen LogP contribution >= 0.6 is 0 Å². The molecule has 0 amide bonds. The molecule has 3 rings (SSSR count). The number of nitriles is 1. The molecule has 23 heavy (non-hydrogen) atoms. The van der Waals surface area contributed by atoms with Crippen LogP contribution in [0.4, 0.5) is 0 Å². The van der Waals surface area contributed by atoms with Crippen molar-refractivity contribution in [2.75, 3.05) is 0 Å². The highest BCUT2D eigenvalue weighted by Gasteiger charge is 2.36. The lowest BCUT2D eigenvalue weighted by molar-refractivity contribution is 0.231. The summed E-state index contributed by atoms with van der Waals surface area (Å²) in [6, 6.07) is 3.14. The van der Waals surface area contributed by atoms with Gasteiger partial charge in [0.1, 0.15) is 24.0 Å². The number of aliphatic hydroxyl groups is 1. The topological polar surface area (TPSA) is 127 Å². The van der Waals surface area contributed by atoms with Gasteiger partial charge in [0.2, 0.25) is 17.1 Å². The summed E-state index contributed by atoms with van der Waals surface area (Å²) in [5, 5.41) is 23.0. The Kier molecular flexibility index (Phi) is 3.42. The van der Waals surface area contributed by atoms with E-state index >= 15 is 0 Å². The first-order valence-corrected chi connectivity index (χ1v) is 6.81. The van der Waals surface area contributed by atoms with Gasteiger partial charge in [-0.2, -0.15) is 10.4 Å². The number of hydrogen-bond acceptors (Lipinski definition) is 7. The molecule has 118 valence electrons. The maximum absolute atomic E-state index is 12.2. The molecule has 8 nitrogen and oxygen atoms in total. The van der Waals surface area contributed by atoms with Gasteiger partial charge in [0, 0.05) is 24.9 Å². The Morgan fingerprint density at radius 2 is 2.30 bits per heavy atom. The highest BCUT2D eigenvalue weighted by molar-refractivity contribution is 5.52. The summed E-state index contributed by atoms with van der Waals surface area (Å²) in [6.45, 7) is 1.34. The van der Waals surface area contributed by atoms with Gasteiger partial charge in [0.15, 0.2) is 5.76 Å². The smallest absolute Gasteiger partial charge is 0.228 e. The second kappa shape index (κ2) is 5.30. The van der Waals surface area contributed by atoms with Crippen LogP contribution in [0.3, 0.4) is 0 Å². The first-order chi connectivity index (χ1) is 11.0. The highest BCUT2D eigenvalue weighted by Crippen LogP contribution is 2.41. The molecular formula is C15H14N4O4. The quantitative estimate of drug-likeness (QED) is 0.820. The molecule has 1 aliphatic rings. The van der Waals surface area contributed by atoms with Crippen LogP contribution in [0.5, 0.6) is 5.75 Å². The van der Waals surface area contributed by atoms with E-state index in [1.165, 1.54) is 0 Å². The van der Waals surface area contributed by atoms with E-state index < -0.39 is 18.0 Å². The monoisotopic (exact) mass is 314 g/mol. The highest BCUT2D eigenvalue weighted by atomic mass is 16.5. The van der Waals surface area contributed by atoms with E-state index in [1.807, 2.05) is 6.07 Å². The number of ether oxygens (including phenoxy) is 1. The van der Waals surface area contributed by atoms with Gasteiger partial charge in [-0.1, -0.05) is 0 Å². The number of nitrogens with zero attached hydrogens (tertiary/aromatic N) is 3. The maximum Gasteiger partial charge on any atom is 0.228 e.